The van der Waals surface area contributed by atoms with Crippen LogP contribution in [-0.2, 0) is 56.0 Å². The second-order valence-corrected chi connectivity index (χ2v) is 12.2. The molecule has 20 heteroatoms. The van der Waals surface area contributed by atoms with Crippen molar-refractivity contribution in [3.05, 3.63) is 54.1 Å². The molecule has 3 unspecified atom stereocenters. The first-order valence-electron chi connectivity index (χ1n) is 16.9. The maximum atomic E-state index is 13.8. The second kappa shape index (κ2) is 21.1. The Morgan fingerprint density at radius 2 is 1.51 bits per heavy atom. The predicted molar refractivity (Wildman–Crippen MR) is 186 cm³/mol. The fourth-order valence-corrected chi connectivity index (χ4v) is 5.11. The quantitative estimate of drug-likeness (QED) is 0.124. The molecule has 4 atom stereocenters. The van der Waals surface area contributed by atoms with E-state index >= 15 is 0 Å². The standard InChI is InChI=1S/C33H45N11O9/c1-19(45)37-16-28(48)42-25-13-26(46)36-10-6-5-9-22(30(34)50)41-29(49)17-38-27(47)15-39-31(51)23(11-20-7-3-2-4-8-20)43-32(52)24(44-33(25)53)12-21-14-35-18-40-21/h2-4,7-8,14,18,22-25H,5-6,9-13,15-17H2,1H3,(H2,34,50)(H,35,40)(H,36,46)(H,37,45)(H,38,47)(H,39,51)(H,41,49)(H,42,48)(H,43,52)(H,44,53)/t22?,23?,24-,25?/m0/s1. The van der Waals surface area contributed by atoms with Crippen LogP contribution in [0.15, 0.2) is 42.9 Å². The summed E-state index contributed by atoms with van der Waals surface area (Å²) < 4.78 is 0. The summed E-state index contributed by atoms with van der Waals surface area (Å²) in [6, 6.07) is 3.45. The average Bonchev–Trinajstić information content (AvgIpc) is 3.63. The number of amides is 9. The van der Waals surface area contributed by atoms with Crippen LogP contribution in [0, 0.1) is 0 Å². The Kier molecular flexibility index (Phi) is 16.4. The van der Waals surface area contributed by atoms with Gasteiger partial charge < -0.3 is 53.3 Å². The van der Waals surface area contributed by atoms with Crippen molar-refractivity contribution in [1.82, 2.24) is 52.5 Å². The van der Waals surface area contributed by atoms with Crippen molar-refractivity contribution in [2.75, 3.05) is 26.2 Å². The van der Waals surface area contributed by atoms with E-state index < -0.39 is 103 Å². The highest BCUT2D eigenvalue weighted by Crippen LogP contribution is 2.07. The zero-order valence-electron chi connectivity index (χ0n) is 29.1. The first-order chi connectivity index (χ1) is 25.3. The summed E-state index contributed by atoms with van der Waals surface area (Å²) in [6.07, 6.45) is 2.83. The maximum Gasteiger partial charge on any atom is 0.243 e. The highest BCUT2D eigenvalue weighted by atomic mass is 16.2. The number of nitrogens with one attached hydrogen (secondary N) is 9. The SMILES string of the molecule is CC(=O)NCC(=O)NC1CC(=O)NCCCCC(C(N)=O)NC(=O)CNC(=O)CNC(=O)C(Cc2ccccc2)NC(=O)[C@H](Cc2cnc[nH]2)NC1=O. The summed E-state index contributed by atoms with van der Waals surface area (Å²) in [5.74, 6) is -6.70. The molecular formula is C33H45N11O9. The Bertz CT molecular complexity index is 1620. The Labute approximate surface area is 304 Å². The third-order valence-corrected chi connectivity index (χ3v) is 7.86. The molecular weight excluding hydrogens is 694 g/mol. The van der Waals surface area contributed by atoms with Gasteiger partial charge in [-0.3, -0.25) is 43.2 Å². The molecule has 1 aliphatic heterocycles. The van der Waals surface area contributed by atoms with E-state index in [1.807, 2.05) is 0 Å². The van der Waals surface area contributed by atoms with E-state index in [1.165, 1.54) is 19.4 Å². The molecule has 3 rings (SSSR count). The molecule has 0 radical (unpaired) electrons. The van der Waals surface area contributed by atoms with Crippen molar-refractivity contribution >= 4 is 53.2 Å². The summed E-state index contributed by atoms with van der Waals surface area (Å²) in [7, 11) is 0. The zero-order chi connectivity index (χ0) is 38.8. The van der Waals surface area contributed by atoms with Crippen LogP contribution in [0.2, 0.25) is 0 Å². The Hall–Kier alpha value is -6.34. The van der Waals surface area contributed by atoms with Crippen LogP contribution in [0.5, 0.6) is 0 Å². The molecule has 1 aliphatic rings. The van der Waals surface area contributed by atoms with E-state index in [-0.39, 0.29) is 25.8 Å². The van der Waals surface area contributed by atoms with Gasteiger partial charge in [0.15, 0.2) is 0 Å². The van der Waals surface area contributed by atoms with Gasteiger partial charge in [-0.15, -0.1) is 0 Å². The normalized spacial score (nSPS) is 21.7. The Morgan fingerprint density at radius 3 is 2.19 bits per heavy atom. The number of nitrogens with zero attached hydrogens (tertiary/aromatic N) is 1. The number of hydrogen-bond donors (Lipinski definition) is 10. The third-order valence-electron chi connectivity index (χ3n) is 7.86. The maximum absolute atomic E-state index is 13.8. The van der Waals surface area contributed by atoms with Crippen LogP contribution >= 0.6 is 0 Å². The van der Waals surface area contributed by atoms with Crippen LogP contribution in [0.4, 0.5) is 0 Å². The van der Waals surface area contributed by atoms with Crippen molar-refractivity contribution in [1.29, 1.82) is 0 Å². The van der Waals surface area contributed by atoms with Gasteiger partial charge in [0.05, 0.1) is 32.4 Å². The lowest BCUT2D eigenvalue weighted by atomic mass is 10.0. The summed E-state index contributed by atoms with van der Waals surface area (Å²) in [5, 5.41) is 19.7. The van der Waals surface area contributed by atoms with Crippen LogP contribution in [0.25, 0.3) is 0 Å². The van der Waals surface area contributed by atoms with Gasteiger partial charge in [-0.05, 0) is 24.8 Å². The lowest BCUT2D eigenvalue weighted by molar-refractivity contribution is -0.135. The van der Waals surface area contributed by atoms with E-state index in [2.05, 4.69) is 52.5 Å². The van der Waals surface area contributed by atoms with Crippen LogP contribution in [0.3, 0.4) is 0 Å². The van der Waals surface area contributed by atoms with Crippen molar-refractivity contribution in [3.63, 3.8) is 0 Å². The zero-order valence-corrected chi connectivity index (χ0v) is 29.1. The van der Waals surface area contributed by atoms with Gasteiger partial charge in [0.25, 0.3) is 0 Å². The highest BCUT2D eigenvalue weighted by molar-refractivity contribution is 5.97. The average molecular weight is 740 g/mol. The summed E-state index contributed by atoms with van der Waals surface area (Å²) >= 11 is 0. The molecule has 286 valence electrons. The second-order valence-electron chi connectivity index (χ2n) is 12.2. The first-order valence-corrected chi connectivity index (χ1v) is 16.9. The molecule has 2 heterocycles. The van der Waals surface area contributed by atoms with Crippen LogP contribution in [-0.4, -0.2) is 113 Å². The number of aromatic nitrogens is 2. The van der Waals surface area contributed by atoms with Crippen molar-refractivity contribution in [2.24, 2.45) is 5.73 Å². The minimum absolute atomic E-state index is 0.0241. The van der Waals surface area contributed by atoms with Gasteiger partial charge in [-0.1, -0.05) is 30.3 Å². The van der Waals surface area contributed by atoms with Gasteiger partial charge in [-0.25, -0.2) is 4.98 Å². The molecule has 53 heavy (non-hydrogen) atoms. The number of nitrogens with two attached hydrogens (primary N) is 1. The van der Waals surface area contributed by atoms with E-state index in [9.17, 15) is 43.2 Å². The van der Waals surface area contributed by atoms with Gasteiger partial charge in [0, 0.05) is 38.2 Å². The molecule has 9 amide bonds. The molecule has 0 saturated carbocycles. The van der Waals surface area contributed by atoms with Crippen molar-refractivity contribution in [2.45, 2.75) is 69.6 Å². The third kappa shape index (κ3) is 15.2. The van der Waals surface area contributed by atoms with Gasteiger partial charge in [0.2, 0.25) is 53.2 Å². The largest absolute Gasteiger partial charge is 0.368 e. The fourth-order valence-electron chi connectivity index (χ4n) is 5.11. The molecule has 20 nitrogen and oxygen atoms in total. The summed E-state index contributed by atoms with van der Waals surface area (Å²) in [6.45, 7) is -0.295. The Balaban J connectivity index is 1.92. The Morgan fingerprint density at radius 1 is 0.811 bits per heavy atom. The van der Waals surface area contributed by atoms with Gasteiger partial charge in [-0.2, -0.15) is 0 Å². The van der Waals surface area contributed by atoms with Gasteiger partial charge >= 0.3 is 0 Å². The molecule has 1 aromatic heterocycles. The minimum Gasteiger partial charge on any atom is -0.368 e. The molecule has 11 N–H and O–H groups in total. The molecule has 0 bridgehead atoms. The number of hydrogen-bond acceptors (Lipinski definition) is 10. The highest BCUT2D eigenvalue weighted by Gasteiger charge is 2.32. The molecule has 1 fully saturated rings. The van der Waals surface area contributed by atoms with Crippen molar-refractivity contribution in [3.8, 4) is 0 Å². The van der Waals surface area contributed by atoms with E-state index in [0.717, 1.165) is 0 Å². The number of imidazole rings is 1. The van der Waals surface area contributed by atoms with Gasteiger partial charge in [0.1, 0.15) is 24.2 Å². The molecule has 1 aromatic carbocycles. The summed E-state index contributed by atoms with van der Waals surface area (Å²) in [5.41, 5.74) is 6.51. The fraction of sp³-hybridized carbons (Fsp3) is 0.455. The molecule has 0 spiro atoms. The van der Waals surface area contributed by atoms with E-state index in [1.54, 1.807) is 30.3 Å². The number of carbonyl (C=O) groups is 9. The van der Waals surface area contributed by atoms with Crippen molar-refractivity contribution < 1.29 is 43.2 Å². The molecule has 1 saturated heterocycles. The van der Waals surface area contributed by atoms with E-state index in [0.29, 0.717) is 24.1 Å². The van der Waals surface area contributed by atoms with E-state index in [4.69, 9.17) is 5.73 Å². The number of carbonyl (C=O) groups excluding carboxylic acids is 9. The lowest BCUT2D eigenvalue weighted by Gasteiger charge is -2.25. The number of H-pyrrole nitrogens is 1. The smallest absolute Gasteiger partial charge is 0.243 e. The number of rotatable bonds is 8. The van der Waals surface area contributed by atoms with Crippen LogP contribution in [0.1, 0.15) is 43.9 Å². The number of aromatic amines is 1. The lowest BCUT2D eigenvalue weighted by Crippen LogP contribution is -2.59. The monoisotopic (exact) mass is 739 g/mol. The number of primary amides is 1. The summed E-state index contributed by atoms with van der Waals surface area (Å²) in [4.78, 5) is 122. The predicted octanol–water partition coefficient (Wildman–Crippen LogP) is -4.32. The topological polar surface area (TPSA) is 305 Å². The van der Waals surface area contributed by atoms with Crippen LogP contribution < -0.4 is 48.3 Å². The first kappa shape index (κ1) is 41.1. The number of benzene rings is 1. The molecule has 2 aromatic rings. The minimum atomic E-state index is -1.51. The molecule has 0 aliphatic carbocycles.